The molecule has 0 amide bonds. The van der Waals surface area contributed by atoms with Gasteiger partial charge in [-0.1, -0.05) is 18.2 Å². The van der Waals surface area contributed by atoms with Gasteiger partial charge < -0.3 is 19.2 Å². The number of rotatable bonds is 4. The van der Waals surface area contributed by atoms with Crippen molar-refractivity contribution in [3.63, 3.8) is 0 Å². The van der Waals surface area contributed by atoms with Crippen LogP contribution >= 0.6 is 0 Å². The standard InChI is InChI=1S/C21H20N4O3/c26-10-6-14-3-1-4-15(13-14)19-23-17-16-5-2-7-22-21(16)28-18(17)20(24-19)25-8-11-27-12-9-25/h1-5,7,13,26H,6,8-12H2. The SMILES string of the molecule is OCCc1cccc(-c2nc(N3CCOCC3)c3oc4ncccc4c3n2)c1. The fourth-order valence-electron chi connectivity index (χ4n) is 3.58. The lowest BCUT2D eigenvalue weighted by atomic mass is 10.1. The predicted octanol–water partition coefficient (Wildman–Crippen LogP) is 2.81. The molecule has 7 heteroatoms. The van der Waals surface area contributed by atoms with Crippen molar-refractivity contribution < 1.29 is 14.3 Å². The third-order valence-electron chi connectivity index (χ3n) is 4.97. The molecule has 4 aromatic rings. The van der Waals surface area contributed by atoms with Gasteiger partial charge in [0.25, 0.3) is 0 Å². The summed E-state index contributed by atoms with van der Waals surface area (Å²) < 4.78 is 11.5. The summed E-state index contributed by atoms with van der Waals surface area (Å²) in [7, 11) is 0. The molecule has 1 saturated heterocycles. The topological polar surface area (TPSA) is 84.5 Å². The highest BCUT2D eigenvalue weighted by molar-refractivity contribution is 6.05. The first-order valence-electron chi connectivity index (χ1n) is 9.41. The molecule has 4 heterocycles. The van der Waals surface area contributed by atoms with Gasteiger partial charge in [-0.15, -0.1) is 0 Å². The summed E-state index contributed by atoms with van der Waals surface area (Å²) in [5.74, 6) is 1.41. The Morgan fingerprint density at radius 2 is 1.96 bits per heavy atom. The van der Waals surface area contributed by atoms with E-state index in [-0.39, 0.29) is 6.61 Å². The Kier molecular flexibility index (Phi) is 4.38. The number of hydrogen-bond donors (Lipinski definition) is 1. The summed E-state index contributed by atoms with van der Waals surface area (Å²) in [5, 5.41) is 10.1. The van der Waals surface area contributed by atoms with Crippen LogP contribution in [0, 0.1) is 0 Å². The summed E-state index contributed by atoms with van der Waals surface area (Å²) >= 11 is 0. The summed E-state index contributed by atoms with van der Waals surface area (Å²) in [6.45, 7) is 2.93. The third-order valence-corrected chi connectivity index (χ3v) is 4.97. The van der Waals surface area contributed by atoms with Gasteiger partial charge in [-0.25, -0.2) is 15.0 Å². The first-order chi connectivity index (χ1) is 13.8. The van der Waals surface area contributed by atoms with Crippen molar-refractivity contribution in [3.05, 3.63) is 48.2 Å². The van der Waals surface area contributed by atoms with Crippen LogP contribution in [0.1, 0.15) is 5.56 Å². The van der Waals surface area contributed by atoms with Crippen LogP contribution in [0.5, 0.6) is 0 Å². The molecule has 1 aliphatic heterocycles. The van der Waals surface area contributed by atoms with E-state index < -0.39 is 0 Å². The van der Waals surface area contributed by atoms with Crippen LogP contribution in [0.15, 0.2) is 47.0 Å². The van der Waals surface area contributed by atoms with E-state index in [0.29, 0.717) is 36.8 Å². The second-order valence-corrected chi connectivity index (χ2v) is 6.78. The number of furan rings is 1. The smallest absolute Gasteiger partial charge is 0.229 e. The van der Waals surface area contributed by atoms with Crippen molar-refractivity contribution in [2.24, 2.45) is 0 Å². The molecular formula is C21H20N4O3. The molecule has 3 aromatic heterocycles. The molecule has 0 radical (unpaired) electrons. The first kappa shape index (κ1) is 17.1. The summed E-state index contributed by atoms with van der Waals surface area (Å²) in [4.78, 5) is 16.2. The molecule has 0 unspecified atom stereocenters. The molecule has 7 nitrogen and oxygen atoms in total. The highest BCUT2D eigenvalue weighted by atomic mass is 16.5. The number of aliphatic hydroxyl groups excluding tert-OH is 1. The van der Waals surface area contributed by atoms with Gasteiger partial charge in [0.1, 0.15) is 5.52 Å². The second-order valence-electron chi connectivity index (χ2n) is 6.78. The molecule has 1 aromatic carbocycles. The molecule has 28 heavy (non-hydrogen) atoms. The Balaban J connectivity index is 1.73. The van der Waals surface area contributed by atoms with Gasteiger partial charge in [0, 0.05) is 31.5 Å². The molecule has 0 saturated carbocycles. The summed E-state index contributed by atoms with van der Waals surface area (Å²) in [5.41, 5.74) is 3.96. The summed E-state index contributed by atoms with van der Waals surface area (Å²) in [6, 6.07) is 11.8. The lowest BCUT2D eigenvalue weighted by Crippen LogP contribution is -2.37. The minimum Gasteiger partial charge on any atom is -0.432 e. The Labute approximate surface area is 161 Å². The van der Waals surface area contributed by atoms with Crippen molar-refractivity contribution in [2.75, 3.05) is 37.8 Å². The molecule has 0 atom stereocenters. The second kappa shape index (κ2) is 7.18. The lowest BCUT2D eigenvalue weighted by molar-refractivity contribution is 0.122. The van der Waals surface area contributed by atoms with Crippen LogP contribution in [0.3, 0.4) is 0 Å². The molecule has 5 rings (SSSR count). The quantitative estimate of drug-likeness (QED) is 0.586. The van der Waals surface area contributed by atoms with Crippen LogP contribution in [0.4, 0.5) is 5.82 Å². The van der Waals surface area contributed by atoms with Gasteiger partial charge in [-0.3, -0.25) is 0 Å². The highest BCUT2D eigenvalue weighted by Crippen LogP contribution is 2.34. The third kappa shape index (κ3) is 2.98. The predicted molar refractivity (Wildman–Crippen MR) is 106 cm³/mol. The van der Waals surface area contributed by atoms with Gasteiger partial charge in [-0.05, 0) is 30.2 Å². The largest absolute Gasteiger partial charge is 0.432 e. The van der Waals surface area contributed by atoms with E-state index in [1.165, 1.54) is 0 Å². The molecule has 1 N–H and O–H groups in total. The molecule has 0 bridgehead atoms. The number of fused-ring (bicyclic) bond motifs is 3. The van der Waals surface area contributed by atoms with Crippen LogP contribution in [0.25, 0.3) is 33.6 Å². The fourth-order valence-corrected chi connectivity index (χ4v) is 3.58. The van der Waals surface area contributed by atoms with Crippen molar-refractivity contribution in [3.8, 4) is 11.4 Å². The van der Waals surface area contributed by atoms with E-state index in [9.17, 15) is 5.11 Å². The van der Waals surface area contributed by atoms with Crippen molar-refractivity contribution in [1.82, 2.24) is 15.0 Å². The van der Waals surface area contributed by atoms with Gasteiger partial charge in [0.2, 0.25) is 5.71 Å². The van der Waals surface area contributed by atoms with Gasteiger partial charge in [0.15, 0.2) is 17.2 Å². The normalized spacial score (nSPS) is 14.8. The number of pyridine rings is 1. The number of benzene rings is 1. The van der Waals surface area contributed by atoms with Crippen molar-refractivity contribution in [1.29, 1.82) is 0 Å². The molecule has 1 aliphatic rings. The number of aliphatic hydroxyl groups is 1. The Bertz CT molecular complexity index is 1140. The minimum atomic E-state index is 0.112. The number of aromatic nitrogens is 3. The van der Waals surface area contributed by atoms with Crippen LogP contribution in [-0.4, -0.2) is 53.0 Å². The van der Waals surface area contributed by atoms with Gasteiger partial charge in [-0.2, -0.15) is 0 Å². The number of nitrogens with zero attached hydrogens (tertiary/aromatic N) is 4. The molecular weight excluding hydrogens is 356 g/mol. The molecule has 1 fully saturated rings. The monoisotopic (exact) mass is 376 g/mol. The Hall–Kier alpha value is -3.03. The van der Waals surface area contributed by atoms with Crippen molar-refractivity contribution >= 4 is 28.0 Å². The zero-order valence-corrected chi connectivity index (χ0v) is 15.3. The van der Waals surface area contributed by atoms with E-state index in [1.54, 1.807) is 6.20 Å². The Morgan fingerprint density at radius 3 is 2.82 bits per heavy atom. The first-order valence-corrected chi connectivity index (χ1v) is 9.41. The summed E-state index contributed by atoms with van der Waals surface area (Å²) in [6.07, 6.45) is 2.32. The van der Waals surface area contributed by atoms with E-state index in [1.807, 2.05) is 36.4 Å². The number of ether oxygens (including phenoxy) is 1. The van der Waals surface area contributed by atoms with Crippen molar-refractivity contribution in [2.45, 2.75) is 6.42 Å². The molecule has 0 aliphatic carbocycles. The zero-order valence-electron chi connectivity index (χ0n) is 15.3. The molecule has 0 spiro atoms. The number of anilines is 1. The maximum atomic E-state index is 9.26. The van der Waals surface area contributed by atoms with Crippen LogP contribution in [0.2, 0.25) is 0 Å². The van der Waals surface area contributed by atoms with E-state index >= 15 is 0 Å². The van der Waals surface area contributed by atoms with E-state index in [0.717, 1.165) is 40.9 Å². The van der Waals surface area contributed by atoms with E-state index in [4.69, 9.17) is 19.1 Å². The average molecular weight is 376 g/mol. The molecule has 142 valence electrons. The maximum absolute atomic E-state index is 9.26. The minimum absolute atomic E-state index is 0.112. The number of hydrogen-bond acceptors (Lipinski definition) is 7. The maximum Gasteiger partial charge on any atom is 0.229 e. The number of morpholine rings is 1. The van der Waals surface area contributed by atoms with Crippen LogP contribution < -0.4 is 4.90 Å². The lowest BCUT2D eigenvalue weighted by Gasteiger charge is -2.27. The zero-order chi connectivity index (χ0) is 18.9. The van der Waals surface area contributed by atoms with Gasteiger partial charge in [0.05, 0.1) is 18.6 Å². The van der Waals surface area contributed by atoms with Crippen LogP contribution in [-0.2, 0) is 11.2 Å². The highest BCUT2D eigenvalue weighted by Gasteiger charge is 2.22. The fraction of sp³-hybridized carbons (Fsp3) is 0.286. The van der Waals surface area contributed by atoms with Gasteiger partial charge >= 0.3 is 0 Å². The average Bonchev–Trinajstić information content (AvgIpc) is 3.13. The van der Waals surface area contributed by atoms with E-state index in [2.05, 4.69) is 9.88 Å². The Morgan fingerprint density at radius 1 is 1.07 bits per heavy atom.